The lowest BCUT2D eigenvalue weighted by molar-refractivity contribution is -0.131. The van der Waals surface area contributed by atoms with E-state index in [0.717, 1.165) is 0 Å². The molecule has 1 aliphatic rings. The topological polar surface area (TPSA) is 91.2 Å². The summed E-state index contributed by atoms with van der Waals surface area (Å²) in [6.45, 7) is 2.45. The van der Waals surface area contributed by atoms with Crippen LogP contribution >= 0.6 is 0 Å². The Morgan fingerprint density at radius 2 is 2.29 bits per heavy atom. The normalized spacial score (nSPS) is 20.7. The van der Waals surface area contributed by atoms with Gasteiger partial charge in [-0.25, -0.2) is 4.79 Å². The second kappa shape index (κ2) is 5.62. The average Bonchev–Trinajstić information content (AvgIpc) is 2.74. The number of nitrogens with zero attached hydrogens (tertiary/aromatic N) is 2. The van der Waals surface area contributed by atoms with Crippen LogP contribution in [0.15, 0.2) is 5.16 Å². The van der Waals surface area contributed by atoms with Crippen molar-refractivity contribution in [3.63, 3.8) is 0 Å². The number of oxime groups is 1. The van der Waals surface area contributed by atoms with Crippen LogP contribution in [-0.2, 0) is 14.4 Å². The molecule has 2 unspecified atom stereocenters. The third-order valence-electron chi connectivity index (χ3n) is 2.66. The van der Waals surface area contributed by atoms with Crippen molar-refractivity contribution in [2.75, 3.05) is 20.6 Å². The minimum absolute atomic E-state index is 0.0114. The van der Waals surface area contributed by atoms with E-state index in [1.807, 2.05) is 25.9 Å². The van der Waals surface area contributed by atoms with Gasteiger partial charge in [-0.2, -0.15) is 0 Å². The molecule has 0 bridgehead atoms. The van der Waals surface area contributed by atoms with Gasteiger partial charge in [-0.1, -0.05) is 5.16 Å². The van der Waals surface area contributed by atoms with Crippen LogP contribution in [0.25, 0.3) is 0 Å². The molecule has 96 valence electrons. The molecule has 0 aromatic rings. The number of likely N-dealkylation sites (N-methyl/N-ethyl adjacent to an activating group) is 1. The summed E-state index contributed by atoms with van der Waals surface area (Å²) in [4.78, 5) is 28.9. The van der Waals surface area contributed by atoms with Crippen molar-refractivity contribution < 1.29 is 19.5 Å². The summed E-state index contributed by atoms with van der Waals surface area (Å²) in [5.74, 6) is -1.49. The summed E-state index contributed by atoms with van der Waals surface area (Å²) in [5, 5.41) is 14.7. The predicted octanol–water partition coefficient (Wildman–Crippen LogP) is -0.718. The zero-order valence-corrected chi connectivity index (χ0v) is 10.1. The average molecular weight is 243 g/mol. The second-order valence-electron chi connectivity index (χ2n) is 4.20. The first-order chi connectivity index (χ1) is 7.91. The number of amides is 1. The van der Waals surface area contributed by atoms with E-state index in [1.54, 1.807) is 0 Å². The molecule has 2 atom stereocenters. The first-order valence-electron chi connectivity index (χ1n) is 5.32. The number of carbonyl (C=O) groups is 2. The fraction of sp³-hybridized carbons (Fsp3) is 0.700. The lowest BCUT2D eigenvalue weighted by atomic mass is 10.1. The van der Waals surface area contributed by atoms with Gasteiger partial charge in [-0.3, -0.25) is 4.79 Å². The Balaban J connectivity index is 2.34. The van der Waals surface area contributed by atoms with Crippen molar-refractivity contribution in [2.24, 2.45) is 5.16 Å². The number of carbonyl (C=O) groups excluding carboxylic acids is 1. The van der Waals surface area contributed by atoms with E-state index in [1.165, 1.54) is 0 Å². The summed E-state index contributed by atoms with van der Waals surface area (Å²) in [7, 11) is 3.82. The third kappa shape index (κ3) is 3.70. The lowest BCUT2D eigenvalue weighted by Crippen LogP contribution is -2.42. The molecule has 0 saturated heterocycles. The molecular weight excluding hydrogens is 226 g/mol. The van der Waals surface area contributed by atoms with Crippen LogP contribution in [0, 0.1) is 0 Å². The molecule has 0 saturated carbocycles. The first kappa shape index (κ1) is 13.4. The summed E-state index contributed by atoms with van der Waals surface area (Å²) < 4.78 is 0. The molecule has 1 amide bonds. The molecule has 0 spiro atoms. The van der Waals surface area contributed by atoms with E-state index >= 15 is 0 Å². The molecule has 1 aliphatic heterocycles. The highest BCUT2D eigenvalue weighted by atomic mass is 16.6. The molecule has 1 rings (SSSR count). The fourth-order valence-corrected chi connectivity index (χ4v) is 1.19. The zero-order chi connectivity index (χ0) is 13.0. The fourth-order valence-electron chi connectivity index (χ4n) is 1.19. The highest BCUT2D eigenvalue weighted by Crippen LogP contribution is 2.10. The summed E-state index contributed by atoms with van der Waals surface area (Å²) in [6.07, 6.45) is -0.812. The molecule has 2 N–H and O–H groups in total. The molecular formula is C10H17N3O4. The summed E-state index contributed by atoms with van der Waals surface area (Å²) in [5.41, 5.74) is -0.120. The van der Waals surface area contributed by atoms with Crippen molar-refractivity contribution in [3.05, 3.63) is 0 Å². The Morgan fingerprint density at radius 3 is 2.76 bits per heavy atom. The van der Waals surface area contributed by atoms with Gasteiger partial charge in [0.15, 0.2) is 5.71 Å². The van der Waals surface area contributed by atoms with Gasteiger partial charge in [0, 0.05) is 19.0 Å². The van der Waals surface area contributed by atoms with Gasteiger partial charge in [-0.05, 0) is 21.0 Å². The number of hydrogen-bond donors (Lipinski definition) is 2. The maximum atomic E-state index is 11.6. The van der Waals surface area contributed by atoms with Crippen LogP contribution in [0.5, 0.6) is 0 Å². The van der Waals surface area contributed by atoms with Crippen LogP contribution in [0.4, 0.5) is 0 Å². The van der Waals surface area contributed by atoms with Crippen molar-refractivity contribution in [2.45, 2.75) is 25.5 Å². The van der Waals surface area contributed by atoms with Crippen molar-refractivity contribution in [3.8, 4) is 0 Å². The Morgan fingerprint density at radius 1 is 1.65 bits per heavy atom. The summed E-state index contributed by atoms with van der Waals surface area (Å²) >= 11 is 0. The Labute approximate surface area is 99.4 Å². The zero-order valence-electron chi connectivity index (χ0n) is 10.1. The number of nitrogens with one attached hydrogen (secondary N) is 1. The van der Waals surface area contributed by atoms with Crippen molar-refractivity contribution in [1.29, 1.82) is 0 Å². The molecule has 17 heavy (non-hydrogen) atoms. The van der Waals surface area contributed by atoms with Gasteiger partial charge in [0.25, 0.3) is 5.91 Å². The highest BCUT2D eigenvalue weighted by molar-refractivity contribution is 6.36. The SMILES string of the molecule is CC(CNC(=O)C1CC(C(=O)O)=NO1)N(C)C. The molecule has 0 aromatic carbocycles. The van der Waals surface area contributed by atoms with Gasteiger partial charge in [0.05, 0.1) is 0 Å². The quantitative estimate of drug-likeness (QED) is 0.665. The van der Waals surface area contributed by atoms with Crippen LogP contribution < -0.4 is 5.32 Å². The van der Waals surface area contributed by atoms with Gasteiger partial charge < -0.3 is 20.2 Å². The Hall–Kier alpha value is -1.63. The predicted molar refractivity (Wildman–Crippen MR) is 60.7 cm³/mol. The van der Waals surface area contributed by atoms with Crippen molar-refractivity contribution >= 4 is 17.6 Å². The first-order valence-corrected chi connectivity index (χ1v) is 5.32. The van der Waals surface area contributed by atoms with Crippen LogP contribution in [-0.4, -0.2) is 60.4 Å². The maximum absolute atomic E-state index is 11.6. The lowest BCUT2D eigenvalue weighted by Gasteiger charge is -2.20. The van der Waals surface area contributed by atoms with E-state index in [2.05, 4.69) is 10.5 Å². The van der Waals surface area contributed by atoms with Crippen LogP contribution in [0.2, 0.25) is 0 Å². The van der Waals surface area contributed by atoms with E-state index in [0.29, 0.717) is 6.54 Å². The highest BCUT2D eigenvalue weighted by Gasteiger charge is 2.31. The van der Waals surface area contributed by atoms with Crippen LogP contribution in [0.3, 0.4) is 0 Å². The molecule has 0 aromatic heterocycles. The molecule has 0 aliphatic carbocycles. The number of carboxylic acids is 1. The van der Waals surface area contributed by atoms with Gasteiger partial charge in [0.2, 0.25) is 6.10 Å². The third-order valence-corrected chi connectivity index (χ3v) is 2.66. The van der Waals surface area contributed by atoms with Gasteiger partial charge in [-0.15, -0.1) is 0 Å². The Kier molecular flexibility index (Phi) is 4.45. The Bertz CT molecular complexity index is 340. The van der Waals surface area contributed by atoms with E-state index < -0.39 is 12.1 Å². The monoisotopic (exact) mass is 243 g/mol. The number of hydrogen-bond acceptors (Lipinski definition) is 5. The standard InChI is InChI=1S/C10H17N3O4/c1-6(13(2)3)5-11-9(14)8-4-7(10(15)16)12-17-8/h6,8H,4-5H2,1-3H3,(H,11,14)(H,15,16). The summed E-state index contributed by atoms with van der Waals surface area (Å²) in [6, 6.07) is 0.195. The smallest absolute Gasteiger partial charge is 0.353 e. The molecule has 0 radical (unpaired) electrons. The van der Waals surface area contributed by atoms with Crippen molar-refractivity contribution in [1.82, 2.24) is 10.2 Å². The minimum atomic E-state index is -1.15. The molecule has 0 fully saturated rings. The van der Waals surface area contributed by atoms with Gasteiger partial charge >= 0.3 is 5.97 Å². The van der Waals surface area contributed by atoms with E-state index in [4.69, 9.17) is 9.94 Å². The second-order valence-corrected chi connectivity index (χ2v) is 4.20. The van der Waals surface area contributed by atoms with E-state index in [-0.39, 0.29) is 24.1 Å². The van der Waals surface area contributed by atoms with E-state index in [9.17, 15) is 9.59 Å². The minimum Gasteiger partial charge on any atom is -0.477 e. The molecule has 1 heterocycles. The number of rotatable bonds is 5. The molecule has 7 heteroatoms. The largest absolute Gasteiger partial charge is 0.477 e. The maximum Gasteiger partial charge on any atom is 0.353 e. The van der Waals surface area contributed by atoms with Gasteiger partial charge in [0.1, 0.15) is 0 Å². The number of carboxylic acid groups (broad SMARTS) is 1. The van der Waals surface area contributed by atoms with Crippen LogP contribution in [0.1, 0.15) is 13.3 Å². The number of aliphatic carboxylic acids is 1. The molecule has 7 nitrogen and oxygen atoms in total.